The fourth-order valence-electron chi connectivity index (χ4n) is 1.26. The van der Waals surface area contributed by atoms with Crippen molar-refractivity contribution in [3.63, 3.8) is 0 Å². The normalized spacial score (nSPS) is 12.6. The van der Waals surface area contributed by atoms with E-state index in [4.69, 9.17) is 0 Å². The van der Waals surface area contributed by atoms with Gasteiger partial charge in [0.15, 0.2) is 5.78 Å². The summed E-state index contributed by atoms with van der Waals surface area (Å²) in [6.07, 6.45) is 3.78. The number of unbranched alkanes of at least 4 members (excludes halogenated alkanes) is 1. The van der Waals surface area contributed by atoms with E-state index < -0.39 is 0 Å². The summed E-state index contributed by atoms with van der Waals surface area (Å²) in [5.41, 5.74) is 0. The molecule has 0 rings (SSSR count). The summed E-state index contributed by atoms with van der Waals surface area (Å²) in [7, 11) is 0. The molecule has 0 aliphatic carbocycles. The zero-order chi connectivity index (χ0) is 9.56. The molecular formula is C10H18O2. The van der Waals surface area contributed by atoms with Crippen molar-refractivity contribution >= 4 is 11.6 Å². The summed E-state index contributed by atoms with van der Waals surface area (Å²) in [5, 5.41) is 0. The second-order valence-electron chi connectivity index (χ2n) is 3.17. The molecule has 0 aromatic rings. The molecule has 1 atom stereocenters. The molecule has 1 unspecified atom stereocenters. The van der Waals surface area contributed by atoms with Crippen LogP contribution in [0.25, 0.3) is 0 Å². The smallest absolute Gasteiger partial charge is 0.201 e. The van der Waals surface area contributed by atoms with Crippen LogP contribution in [0.1, 0.15) is 46.5 Å². The average Bonchev–Trinajstić information content (AvgIpc) is 2.05. The van der Waals surface area contributed by atoms with Crippen molar-refractivity contribution in [2.75, 3.05) is 0 Å². The van der Waals surface area contributed by atoms with Gasteiger partial charge in [0.05, 0.1) is 0 Å². The van der Waals surface area contributed by atoms with E-state index in [1.165, 1.54) is 6.92 Å². The molecule has 0 spiro atoms. The van der Waals surface area contributed by atoms with Gasteiger partial charge in [-0.05, 0) is 12.8 Å². The van der Waals surface area contributed by atoms with Gasteiger partial charge in [0.2, 0.25) is 5.78 Å². The van der Waals surface area contributed by atoms with Crippen molar-refractivity contribution in [2.45, 2.75) is 46.5 Å². The number of Topliss-reactive ketones (excluding diaryl/α,β-unsaturated/α-hetero) is 2. The highest BCUT2D eigenvalue weighted by Gasteiger charge is 2.19. The predicted molar refractivity (Wildman–Crippen MR) is 49.0 cm³/mol. The molecular weight excluding hydrogens is 152 g/mol. The van der Waals surface area contributed by atoms with E-state index >= 15 is 0 Å². The van der Waals surface area contributed by atoms with Gasteiger partial charge in [-0.3, -0.25) is 9.59 Å². The molecule has 0 heterocycles. The molecule has 0 radical (unpaired) electrons. The van der Waals surface area contributed by atoms with Crippen LogP contribution >= 0.6 is 0 Å². The molecule has 0 saturated carbocycles. The zero-order valence-corrected chi connectivity index (χ0v) is 8.22. The number of hydrogen-bond donors (Lipinski definition) is 0. The number of hydrogen-bond acceptors (Lipinski definition) is 2. The highest BCUT2D eigenvalue weighted by atomic mass is 16.2. The van der Waals surface area contributed by atoms with Crippen LogP contribution in [0.2, 0.25) is 0 Å². The lowest BCUT2D eigenvalue weighted by molar-refractivity contribution is -0.138. The van der Waals surface area contributed by atoms with E-state index in [-0.39, 0.29) is 17.5 Å². The van der Waals surface area contributed by atoms with Crippen LogP contribution in [-0.4, -0.2) is 11.6 Å². The molecule has 0 saturated heterocycles. The zero-order valence-electron chi connectivity index (χ0n) is 8.22. The lowest BCUT2D eigenvalue weighted by Crippen LogP contribution is -2.20. The van der Waals surface area contributed by atoms with Crippen LogP contribution in [0.3, 0.4) is 0 Å². The van der Waals surface area contributed by atoms with Crippen LogP contribution < -0.4 is 0 Å². The molecule has 0 fully saturated rings. The van der Waals surface area contributed by atoms with E-state index in [2.05, 4.69) is 6.92 Å². The Morgan fingerprint density at radius 1 is 1.25 bits per heavy atom. The second kappa shape index (κ2) is 5.92. The maximum Gasteiger partial charge on any atom is 0.201 e. The van der Waals surface area contributed by atoms with Crippen LogP contribution in [-0.2, 0) is 9.59 Å². The van der Waals surface area contributed by atoms with Gasteiger partial charge in [-0.1, -0.05) is 26.7 Å². The van der Waals surface area contributed by atoms with Gasteiger partial charge >= 0.3 is 0 Å². The maximum atomic E-state index is 11.2. The van der Waals surface area contributed by atoms with Crippen molar-refractivity contribution in [2.24, 2.45) is 5.92 Å². The summed E-state index contributed by atoms with van der Waals surface area (Å²) in [6.45, 7) is 5.41. The summed E-state index contributed by atoms with van der Waals surface area (Å²) < 4.78 is 0. The first-order valence-electron chi connectivity index (χ1n) is 4.68. The Morgan fingerprint density at radius 3 is 2.17 bits per heavy atom. The highest BCUT2D eigenvalue weighted by Crippen LogP contribution is 2.13. The Labute approximate surface area is 74.3 Å². The first-order valence-corrected chi connectivity index (χ1v) is 4.68. The molecule has 2 nitrogen and oxygen atoms in total. The second-order valence-corrected chi connectivity index (χ2v) is 3.17. The number of rotatable bonds is 6. The number of carbonyl (C=O) groups is 2. The average molecular weight is 170 g/mol. The van der Waals surface area contributed by atoms with Crippen LogP contribution in [0.4, 0.5) is 0 Å². The Hall–Kier alpha value is -0.660. The Bertz CT molecular complexity index is 161. The third-order valence-corrected chi connectivity index (χ3v) is 2.12. The van der Waals surface area contributed by atoms with Gasteiger partial charge in [0.25, 0.3) is 0 Å². The van der Waals surface area contributed by atoms with Gasteiger partial charge in [-0.2, -0.15) is 0 Å². The standard InChI is InChI=1S/C10H18O2/c1-4-6-7-9(5-2)10(12)8(3)11/h9H,4-7H2,1-3H3. The summed E-state index contributed by atoms with van der Waals surface area (Å²) >= 11 is 0. The van der Waals surface area contributed by atoms with Crippen LogP contribution in [0.5, 0.6) is 0 Å². The van der Waals surface area contributed by atoms with E-state index in [1.807, 2.05) is 6.92 Å². The van der Waals surface area contributed by atoms with E-state index in [1.54, 1.807) is 0 Å². The molecule has 0 amide bonds. The van der Waals surface area contributed by atoms with Crippen molar-refractivity contribution in [1.29, 1.82) is 0 Å². The third kappa shape index (κ3) is 3.65. The predicted octanol–water partition coefficient (Wildman–Crippen LogP) is 2.36. The number of ketones is 2. The minimum Gasteiger partial charge on any atom is -0.291 e. The molecule has 70 valence electrons. The first kappa shape index (κ1) is 11.3. The van der Waals surface area contributed by atoms with Crippen LogP contribution in [0.15, 0.2) is 0 Å². The molecule has 2 heteroatoms. The molecule has 12 heavy (non-hydrogen) atoms. The lowest BCUT2D eigenvalue weighted by Gasteiger charge is -2.09. The number of carbonyl (C=O) groups excluding carboxylic acids is 2. The SMILES string of the molecule is CCCCC(CC)C(=O)C(C)=O. The molecule has 0 aromatic heterocycles. The molecule has 0 aliphatic rings. The van der Waals surface area contributed by atoms with Gasteiger partial charge in [0.1, 0.15) is 0 Å². The van der Waals surface area contributed by atoms with E-state index in [0.29, 0.717) is 0 Å². The van der Waals surface area contributed by atoms with E-state index in [9.17, 15) is 9.59 Å². The Balaban J connectivity index is 3.96. The highest BCUT2D eigenvalue weighted by molar-refractivity contribution is 6.36. The monoisotopic (exact) mass is 170 g/mol. The van der Waals surface area contributed by atoms with Crippen molar-refractivity contribution in [3.8, 4) is 0 Å². The molecule has 0 aromatic carbocycles. The third-order valence-electron chi connectivity index (χ3n) is 2.12. The summed E-state index contributed by atoms with van der Waals surface area (Å²) in [6, 6.07) is 0. The fraction of sp³-hybridized carbons (Fsp3) is 0.800. The van der Waals surface area contributed by atoms with Crippen molar-refractivity contribution in [1.82, 2.24) is 0 Å². The van der Waals surface area contributed by atoms with Crippen molar-refractivity contribution < 1.29 is 9.59 Å². The van der Waals surface area contributed by atoms with Gasteiger partial charge in [0, 0.05) is 12.8 Å². The van der Waals surface area contributed by atoms with E-state index in [0.717, 1.165) is 25.7 Å². The summed E-state index contributed by atoms with van der Waals surface area (Å²) in [4.78, 5) is 22.0. The topological polar surface area (TPSA) is 34.1 Å². The Kier molecular flexibility index (Phi) is 5.60. The maximum absolute atomic E-state index is 11.2. The molecule has 0 aliphatic heterocycles. The fourth-order valence-corrected chi connectivity index (χ4v) is 1.26. The minimum atomic E-state index is -0.294. The first-order chi connectivity index (χ1) is 5.63. The molecule has 0 bridgehead atoms. The van der Waals surface area contributed by atoms with Crippen LogP contribution in [0, 0.1) is 5.92 Å². The minimum absolute atomic E-state index is 0.0255. The molecule has 0 N–H and O–H groups in total. The quantitative estimate of drug-likeness (QED) is 0.573. The Morgan fingerprint density at radius 2 is 1.83 bits per heavy atom. The van der Waals surface area contributed by atoms with Gasteiger partial charge in [-0.15, -0.1) is 0 Å². The van der Waals surface area contributed by atoms with Gasteiger partial charge in [-0.25, -0.2) is 0 Å². The van der Waals surface area contributed by atoms with Gasteiger partial charge < -0.3 is 0 Å². The summed E-state index contributed by atoms with van der Waals surface area (Å²) in [5.74, 6) is -0.508. The van der Waals surface area contributed by atoms with Crippen molar-refractivity contribution in [3.05, 3.63) is 0 Å². The largest absolute Gasteiger partial charge is 0.291 e. The lowest BCUT2D eigenvalue weighted by atomic mass is 9.93.